The molecule has 0 saturated carbocycles. The lowest BCUT2D eigenvalue weighted by molar-refractivity contribution is -0.118. The van der Waals surface area contributed by atoms with E-state index in [1.54, 1.807) is 0 Å². The number of nitrogens with one attached hydrogen (secondary N) is 2. The van der Waals surface area contributed by atoms with Crippen molar-refractivity contribution in [1.29, 1.82) is 0 Å². The van der Waals surface area contributed by atoms with E-state index in [2.05, 4.69) is 15.8 Å². The topological polar surface area (TPSA) is 53.5 Å². The van der Waals surface area contributed by atoms with Gasteiger partial charge in [-0.2, -0.15) is 5.10 Å². The van der Waals surface area contributed by atoms with Crippen LogP contribution in [-0.4, -0.2) is 11.0 Å². The van der Waals surface area contributed by atoms with Crippen LogP contribution in [0.25, 0.3) is 0 Å². The third kappa shape index (κ3) is 1.50. The van der Waals surface area contributed by atoms with Gasteiger partial charge in [-0.25, -0.2) is 0 Å². The van der Waals surface area contributed by atoms with Gasteiger partial charge in [-0.05, 0) is 6.07 Å². The fourth-order valence-corrected chi connectivity index (χ4v) is 3.63. The molecule has 0 aromatic heterocycles. The Morgan fingerprint density at radius 2 is 1.75 bits per heavy atom. The molecule has 0 fully saturated rings. The minimum Gasteiger partial charge on any atom is -0.323 e. The van der Waals surface area contributed by atoms with Crippen molar-refractivity contribution < 1.29 is 4.79 Å². The summed E-state index contributed by atoms with van der Waals surface area (Å²) in [6, 6.07) is 17.6. The van der Waals surface area contributed by atoms with Crippen LogP contribution in [0.5, 0.6) is 0 Å². The van der Waals surface area contributed by atoms with Crippen molar-refractivity contribution in [3.63, 3.8) is 0 Å². The van der Waals surface area contributed by atoms with E-state index in [4.69, 9.17) is 0 Å². The van der Waals surface area contributed by atoms with E-state index >= 15 is 0 Å². The number of nitrogens with zero attached hydrogens (tertiary/aromatic N) is 1. The zero-order valence-corrected chi connectivity index (χ0v) is 11.3. The summed E-state index contributed by atoms with van der Waals surface area (Å²) in [5.74, 6) is -0.0709. The molecule has 5 heteroatoms. The number of thioether (sulfide) groups is 1. The van der Waals surface area contributed by atoms with E-state index in [0.29, 0.717) is 0 Å². The number of anilines is 1. The third-order valence-electron chi connectivity index (χ3n) is 3.46. The van der Waals surface area contributed by atoms with Crippen molar-refractivity contribution in [2.24, 2.45) is 5.10 Å². The Morgan fingerprint density at radius 3 is 2.60 bits per heavy atom. The monoisotopic (exact) mass is 281 g/mol. The van der Waals surface area contributed by atoms with Crippen molar-refractivity contribution >= 4 is 28.4 Å². The van der Waals surface area contributed by atoms with Crippen molar-refractivity contribution in [2.75, 3.05) is 5.32 Å². The smallest absolute Gasteiger partial charge is 0.267 e. The molecule has 98 valence electrons. The quantitative estimate of drug-likeness (QED) is 0.844. The normalized spacial score (nSPS) is 23.2. The summed E-state index contributed by atoms with van der Waals surface area (Å²) < 4.78 is 0. The average Bonchev–Trinajstić information content (AvgIpc) is 3.05. The maximum Gasteiger partial charge on any atom is 0.267 e. The zero-order valence-electron chi connectivity index (χ0n) is 10.5. The first-order valence-corrected chi connectivity index (χ1v) is 7.11. The third-order valence-corrected chi connectivity index (χ3v) is 4.78. The molecule has 4 rings (SSSR count). The Balaban J connectivity index is 1.74. The molecule has 2 aliphatic rings. The lowest BCUT2D eigenvalue weighted by atomic mass is 10.1. The van der Waals surface area contributed by atoms with Gasteiger partial charge in [-0.1, -0.05) is 60.3 Å². The predicted molar refractivity (Wildman–Crippen MR) is 80.5 cm³/mol. The van der Waals surface area contributed by atoms with E-state index in [1.165, 1.54) is 11.8 Å². The maximum absolute atomic E-state index is 12.4. The molecule has 20 heavy (non-hydrogen) atoms. The number of benzene rings is 2. The summed E-state index contributed by atoms with van der Waals surface area (Å²) in [5, 5.41) is 8.10. The second-order valence-corrected chi connectivity index (χ2v) is 5.88. The van der Waals surface area contributed by atoms with Crippen LogP contribution < -0.4 is 10.7 Å². The molecular weight excluding hydrogens is 270 g/mol. The Kier molecular flexibility index (Phi) is 2.37. The van der Waals surface area contributed by atoms with Gasteiger partial charge in [0.1, 0.15) is 5.04 Å². The number of fused-ring (bicyclic) bond motifs is 2. The van der Waals surface area contributed by atoms with Gasteiger partial charge in [0.05, 0.1) is 0 Å². The van der Waals surface area contributed by atoms with Crippen LogP contribution in [0.2, 0.25) is 0 Å². The molecule has 0 unspecified atom stereocenters. The summed E-state index contributed by atoms with van der Waals surface area (Å²) in [5.41, 5.74) is 5.82. The molecule has 0 saturated heterocycles. The van der Waals surface area contributed by atoms with Crippen LogP contribution >= 0.6 is 11.8 Å². The number of amides is 1. The fraction of sp³-hybridized carbons (Fsp3) is 0.0667. The fourth-order valence-electron chi connectivity index (χ4n) is 2.47. The number of carbonyl (C=O) groups excluding carboxylic acids is 1. The number of para-hydroxylation sites is 1. The maximum atomic E-state index is 12.4. The van der Waals surface area contributed by atoms with E-state index in [9.17, 15) is 4.79 Å². The van der Waals surface area contributed by atoms with Crippen LogP contribution in [0, 0.1) is 0 Å². The standard InChI is InChI=1S/C15H11N3OS/c19-14-15(11-8-4-5-9-12(11)16-14)18-17-13(20-15)10-6-2-1-3-7-10/h1-9,18H,(H,16,19)/t15-/m1/s1. The molecule has 0 radical (unpaired) electrons. The summed E-state index contributed by atoms with van der Waals surface area (Å²) in [7, 11) is 0. The molecule has 2 heterocycles. The highest BCUT2D eigenvalue weighted by Crippen LogP contribution is 2.47. The first-order valence-electron chi connectivity index (χ1n) is 6.30. The van der Waals surface area contributed by atoms with E-state index in [1.807, 2.05) is 54.6 Å². The van der Waals surface area contributed by atoms with E-state index < -0.39 is 4.87 Å². The van der Waals surface area contributed by atoms with Crippen LogP contribution in [0.4, 0.5) is 5.69 Å². The Labute approximate surface area is 120 Å². The largest absolute Gasteiger partial charge is 0.323 e. The lowest BCUT2D eigenvalue weighted by Gasteiger charge is -2.19. The first-order chi connectivity index (χ1) is 9.79. The van der Waals surface area contributed by atoms with E-state index in [-0.39, 0.29) is 5.91 Å². The zero-order chi connectivity index (χ0) is 13.6. The highest BCUT2D eigenvalue weighted by molar-refractivity contribution is 8.16. The van der Waals surface area contributed by atoms with Crippen LogP contribution in [0.1, 0.15) is 11.1 Å². The van der Waals surface area contributed by atoms with Gasteiger partial charge in [-0.3, -0.25) is 10.2 Å². The van der Waals surface area contributed by atoms with E-state index in [0.717, 1.165) is 21.9 Å². The molecule has 1 amide bonds. The number of hydrazone groups is 1. The predicted octanol–water partition coefficient (Wildman–Crippen LogP) is 2.49. The Hall–Kier alpha value is -2.27. The van der Waals surface area contributed by atoms with Gasteiger partial charge in [0.15, 0.2) is 0 Å². The summed E-state index contributed by atoms with van der Waals surface area (Å²) in [4.78, 5) is 11.5. The highest BCUT2D eigenvalue weighted by atomic mass is 32.2. The van der Waals surface area contributed by atoms with Gasteiger partial charge in [0.25, 0.3) is 5.91 Å². The van der Waals surface area contributed by atoms with Crippen LogP contribution in [-0.2, 0) is 9.67 Å². The highest BCUT2D eigenvalue weighted by Gasteiger charge is 2.51. The number of hydrogen-bond acceptors (Lipinski definition) is 4. The molecular formula is C15H11N3OS. The van der Waals surface area contributed by atoms with Gasteiger partial charge in [0, 0.05) is 16.8 Å². The SMILES string of the molecule is O=C1Nc2ccccc2[C@]12NN=C(c1ccccc1)S2. The van der Waals surface area contributed by atoms with Crippen LogP contribution in [0.3, 0.4) is 0 Å². The minimum atomic E-state index is -0.832. The number of rotatable bonds is 1. The van der Waals surface area contributed by atoms with Crippen molar-refractivity contribution in [2.45, 2.75) is 4.87 Å². The van der Waals surface area contributed by atoms with Gasteiger partial charge in [-0.15, -0.1) is 0 Å². The summed E-state index contributed by atoms with van der Waals surface area (Å²) >= 11 is 1.45. The molecule has 2 aromatic carbocycles. The number of carbonyl (C=O) groups is 1. The molecule has 0 aliphatic carbocycles. The molecule has 2 aromatic rings. The van der Waals surface area contributed by atoms with Crippen molar-refractivity contribution in [3.8, 4) is 0 Å². The summed E-state index contributed by atoms with van der Waals surface area (Å²) in [6.45, 7) is 0. The second kappa shape index (κ2) is 4.11. The average molecular weight is 281 g/mol. The second-order valence-electron chi connectivity index (χ2n) is 4.68. The Morgan fingerprint density at radius 1 is 1.00 bits per heavy atom. The summed E-state index contributed by atoms with van der Waals surface area (Å²) in [6.07, 6.45) is 0. The number of hydrogen-bond donors (Lipinski definition) is 2. The minimum absolute atomic E-state index is 0.0709. The van der Waals surface area contributed by atoms with Gasteiger partial charge >= 0.3 is 0 Å². The molecule has 1 atom stereocenters. The Bertz CT molecular complexity index is 729. The van der Waals surface area contributed by atoms with Crippen LogP contribution in [0.15, 0.2) is 59.7 Å². The van der Waals surface area contributed by atoms with Gasteiger partial charge in [0.2, 0.25) is 4.87 Å². The molecule has 1 spiro atoms. The van der Waals surface area contributed by atoms with Crippen molar-refractivity contribution in [3.05, 3.63) is 65.7 Å². The molecule has 2 N–H and O–H groups in total. The van der Waals surface area contributed by atoms with Gasteiger partial charge < -0.3 is 5.32 Å². The molecule has 2 aliphatic heterocycles. The molecule has 0 bridgehead atoms. The lowest BCUT2D eigenvalue weighted by Crippen LogP contribution is -2.39. The first kappa shape index (κ1) is 11.5. The van der Waals surface area contributed by atoms with Crippen molar-refractivity contribution in [1.82, 2.24) is 5.43 Å². The molecule has 4 nitrogen and oxygen atoms in total.